The average molecular weight is 428 g/mol. The van der Waals surface area contributed by atoms with E-state index < -0.39 is 18.5 Å². The van der Waals surface area contributed by atoms with Crippen LogP contribution in [0, 0.1) is 25.2 Å². The predicted octanol–water partition coefficient (Wildman–Crippen LogP) is 3.83. The van der Waals surface area contributed by atoms with Crippen LogP contribution in [0.1, 0.15) is 22.5 Å². The van der Waals surface area contributed by atoms with Gasteiger partial charge in [0.1, 0.15) is 17.6 Å². The Kier molecular flexibility index (Phi) is 5.73. The lowest BCUT2D eigenvalue weighted by atomic mass is 10.2. The van der Waals surface area contributed by atoms with Crippen LogP contribution in [-0.2, 0) is 20.7 Å². The molecule has 1 N–H and O–H groups in total. The van der Waals surface area contributed by atoms with Crippen molar-refractivity contribution in [2.45, 2.75) is 20.3 Å². The highest BCUT2D eigenvalue weighted by atomic mass is 16.5. The number of aromatic nitrogens is 2. The Morgan fingerprint density at radius 1 is 1.12 bits per heavy atom. The van der Waals surface area contributed by atoms with E-state index in [1.165, 1.54) is 0 Å². The molecule has 0 aliphatic rings. The number of ether oxygens (including phenoxy) is 1. The van der Waals surface area contributed by atoms with E-state index in [0.29, 0.717) is 22.7 Å². The largest absolute Gasteiger partial charge is 0.455 e. The molecule has 4 rings (SSSR count). The lowest BCUT2D eigenvalue weighted by molar-refractivity contribution is -0.146. The van der Waals surface area contributed by atoms with E-state index >= 15 is 0 Å². The van der Waals surface area contributed by atoms with Gasteiger partial charge in [0.05, 0.1) is 12.0 Å². The van der Waals surface area contributed by atoms with Crippen LogP contribution >= 0.6 is 0 Å². The number of carbonyl (C=O) groups excluding carboxylic acids is 2. The Balaban J connectivity index is 1.47. The van der Waals surface area contributed by atoms with Crippen molar-refractivity contribution < 1.29 is 18.8 Å². The Hall–Kier alpha value is -4.38. The molecule has 0 fully saturated rings. The van der Waals surface area contributed by atoms with Gasteiger partial charge in [0.15, 0.2) is 12.2 Å². The van der Waals surface area contributed by atoms with Gasteiger partial charge in [-0.25, -0.2) is 0 Å². The Bertz CT molecular complexity index is 1350. The summed E-state index contributed by atoms with van der Waals surface area (Å²) < 4.78 is 12.1. The molecule has 0 saturated carbocycles. The fourth-order valence-corrected chi connectivity index (χ4v) is 3.53. The van der Waals surface area contributed by atoms with Crippen molar-refractivity contribution in [2.24, 2.45) is 0 Å². The third-order valence-electron chi connectivity index (χ3n) is 5.23. The van der Waals surface area contributed by atoms with Crippen molar-refractivity contribution in [3.05, 3.63) is 77.1 Å². The van der Waals surface area contributed by atoms with E-state index in [9.17, 15) is 14.9 Å². The van der Waals surface area contributed by atoms with Crippen LogP contribution in [0.2, 0.25) is 0 Å². The summed E-state index contributed by atoms with van der Waals surface area (Å²) in [5.41, 5.74) is 3.78. The Morgan fingerprint density at radius 3 is 2.59 bits per heavy atom. The van der Waals surface area contributed by atoms with Crippen molar-refractivity contribution in [3.63, 3.8) is 0 Å². The summed E-state index contributed by atoms with van der Waals surface area (Å²) in [4.78, 5) is 24.8. The zero-order chi connectivity index (χ0) is 22.7. The SMILES string of the molecule is Cc1c(C#N)c(NC(=O)COC(=O)Cc2noc3ccccc23)n(-c2ccccc2)c1C. The Morgan fingerprint density at radius 2 is 1.84 bits per heavy atom. The summed E-state index contributed by atoms with van der Waals surface area (Å²) in [7, 11) is 0. The van der Waals surface area contributed by atoms with Crippen molar-refractivity contribution in [1.29, 1.82) is 5.26 Å². The van der Waals surface area contributed by atoms with Crippen molar-refractivity contribution >= 4 is 28.7 Å². The van der Waals surface area contributed by atoms with Gasteiger partial charge in [0, 0.05) is 16.8 Å². The molecule has 0 aliphatic heterocycles. The second-order valence-electron chi connectivity index (χ2n) is 7.23. The van der Waals surface area contributed by atoms with E-state index in [0.717, 1.165) is 22.3 Å². The van der Waals surface area contributed by atoms with Crippen LogP contribution in [0.3, 0.4) is 0 Å². The first-order valence-corrected chi connectivity index (χ1v) is 9.95. The third kappa shape index (κ3) is 3.96. The first-order chi connectivity index (χ1) is 15.5. The maximum Gasteiger partial charge on any atom is 0.312 e. The highest BCUT2D eigenvalue weighted by Gasteiger charge is 2.21. The maximum atomic E-state index is 12.6. The minimum absolute atomic E-state index is 0.119. The fourth-order valence-electron chi connectivity index (χ4n) is 3.53. The smallest absolute Gasteiger partial charge is 0.312 e. The topological polar surface area (TPSA) is 110 Å². The lowest BCUT2D eigenvalue weighted by Gasteiger charge is -2.13. The standard InChI is InChI=1S/C24H20N4O4/c1-15-16(2)28(17-8-4-3-5-9-17)24(19(15)13-25)26-22(29)14-31-23(30)12-20-18-10-6-7-11-21(18)32-27-20/h3-11H,12,14H2,1-2H3,(H,26,29). The number of nitrogens with one attached hydrogen (secondary N) is 1. The van der Waals surface area contributed by atoms with E-state index in [1.54, 1.807) is 16.7 Å². The number of nitrogens with zero attached hydrogens (tertiary/aromatic N) is 3. The number of hydrogen-bond acceptors (Lipinski definition) is 6. The van der Waals surface area contributed by atoms with Crippen molar-refractivity contribution in [1.82, 2.24) is 9.72 Å². The first kappa shape index (κ1) is 20.9. The van der Waals surface area contributed by atoms with E-state index in [2.05, 4.69) is 16.5 Å². The maximum absolute atomic E-state index is 12.6. The summed E-state index contributed by atoms with van der Waals surface area (Å²) in [6, 6.07) is 18.7. The monoisotopic (exact) mass is 428 g/mol. The van der Waals surface area contributed by atoms with E-state index in [-0.39, 0.29) is 6.42 Å². The summed E-state index contributed by atoms with van der Waals surface area (Å²) in [6.07, 6.45) is -0.119. The number of rotatable bonds is 6. The van der Waals surface area contributed by atoms with Gasteiger partial charge in [-0.05, 0) is 43.7 Å². The van der Waals surface area contributed by atoms with Crippen LogP contribution in [0.25, 0.3) is 16.7 Å². The molecule has 1 amide bonds. The van der Waals surface area contributed by atoms with Gasteiger partial charge in [-0.3, -0.25) is 14.2 Å². The molecule has 160 valence electrons. The van der Waals surface area contributed by atoms with Gasteiger partial charge in [-0.1, -0.05) is 35.5 Å². The quantitative estimate of drug-likeness (QED) is 0.467. The van der Waals surface area contributed by atoms with Crippen molar-refractivity contribution in [2.75, 3.05) is 11.9 Å². The molecule has 8 heteroatoms. The number of fused-ring (bicyclic) bond motifs is 1. The normalized spacial score (nSPS) is 10.7. The highest BCUT2D eigenvalue weighted by molar-refractivity contribution is 5.94. The molecule has 32 heavy (non-hydrogen) atoms. The molecule has 0 saturated heterocycles. The number of benzene rings is 2. The molecule has 0 unspecified atom stereocenters. The molecule has 4 aromatic rings. The van der Waals surface area contributed by atoms with Gasteiger partial charge >= 0.3 is 5.97 Å². The van der Waals surface area contributed by atoms with Crippen LogP contribution in [0.15, 0.2) is 59.1 Å². The van der Waals surface area contributed by atoms with Gasteiger partial charge in [0.25, 0.3) is 5.91 Å². The molecule has 2 aromatic carbocycles. The summed E-state index contributed by atoms with van der Waals surface area (Å²) in [5, 5.41) is 17.0. The summed E-state index contributed by atoms with van der Waals surface area (Å²) >= 11 is 0. The van der Waals surface area contributed by atoms with Crippen LogP contribution in [0.4, 0.5) is 5.82 Å². The second kappa shape index (κ2) is 8.78. The minimum atomic E-state index is -0.606. The number of hydrogen-bond donors (Lipinski definition) is 1. The molecule has 2 heterocycles. The third-order valence-corrected chi connectivity index (χ3v) is 5.23. The van der Waals surface area contributed by atoms with Gasteiger partial charge in [-0.15, -0.1) is 0 Å². The average Bonchev–Trinajstić information content (AvgIpc) is 3.31. The number of nitriles is 1. The van der Waals surface area contributed by atoms with Gasteiger partial charge in [0.2, 0.25) is 0 Å². The highest BCUT2D eigenvalue weighted by Crippen LogP contribution is 2.29. The minimum Gasteiger partial charge on any atom is -0.455 e. The van der Waals surface area contributed by atoms with Gasteiger partial charge < -0.3 is 14.6 Å². The summed E-state index contributed by atoms with van der Waals surface area (Å²) in [5.74, 6) is -0.808. The van der Waals surface area contributed by atoms with Gasteiger partial charge in [-0.2, -0.15) is 5.26 Å². The number of esters is 1. The Labute approximate surface area is 184 Å². The number of amides is 1. The zero-order valence-corrected chi connectivity index (χ0v) is 17.6. The second-order valence-corrected chi connectivity index (χ2v) is 7.23. The molecule has 0 radical (unpaired) electrons. The number of carbonyl (C=O) groups is 2. The van der Waals surface area contributed by atoms with Crippen LogP contribution in [-0.4, -0.2) is 28.2 Å². The van der Waals surface area contributed by atoms with E-state index in [4.69, 9.17) is 9.26 Å². The zero-order valence-electron chi connectivity index (χ0n) is 17.6. The molecule has 0 bridgehead atoms. The number of anilines is 1. The molecular weight excluding hydrogens is 408 g/mol. The molecule has 8 nitrogen and oxygen atoms in total. The fraction of sp³-hybridized carbons (Fsp3) is 0.167. The summed E-state index contributed by atoms with van der Waals surface area (Å²) in [6.45, 7) is 3.21. The molecule has 0 spiro atoms. The number of para-hydroxylation sites is 2. The molecular formula is C24H20N4O4. The molecule has 0 aliphatic carbocycles. The predicted molar refractivity (Wildman–Crippen MR) is 117 cm³/mol. The van der Waals surface area contributed by atoms with Crippen molar-refractivity contribution in [3.8, 4) is 11.8 Å². The van der Waals surface area contributed by atoms with Crippen LogP contribution < -0.4 is 5.32 Å². The van der Waals surface area contributed by atoms with Crippen LogP contribution in [0.5, 0.6) is 0 Å². The first-order valence-electron chi connectivity index (χ1n) is 9.95. The molecule has 2 aromatic heterocycles. The van der Waals surface area contributed by atoms with E-state index in [1.807, 2.05) is 56.3 Å². The lowest BCUT2D eigenvalue weighted by Crippen LogP contribution is -2.23. The molecule has 0 atom stereocenters.